The number of aromatic amines is 1. The van der Waals surface area contributed by atoms with Gasteiger partial charge in [-0.25, -0.2) is 4.79 Å². The molecule has 6 nitrogen and oxygen atoms in total. The topological polar surface area (TPSA) is 84.4 Å². The number of benzene rings is 2. The lowest BCUT2D eigenvalue weighted by Crippen LogP contribution is -2.12. The number of aliphatic carboxylic acids is 1. The maximum absolute atomic E-state index is 12.9. The molecule has 0 spiro atoms. The fourth-order valence-corrected chi connectivity index (χ4v) is 2.92. The summed E-state index contributed by atoms with van der Waals surface area (Å²) in [6.45, 7) is 3.03. The number of H-pyrrole nitrogens is 1. The summed E-state index contributed by atoms with van der Waals surface area (Å²) in [7, 11) is 0. The van der Waals surface area contributed by atoms with E-state index in [0.29, 0.717) is 33.9 Å². The molecule has 0 aliphatic rings. The van der Waals surface area contributed by atoms with E-state index in [4.69, 9.17) is 14.6 Å². The second-order valence-electron chi connectivity index (χ2n) is 6.65. The fourth-order valence-electron chi connectivity index (χ4n) is 2.92. The number of rotatable bonds is 7. The third-order valence-electron chi connectivity index (χ3n) is 4.44. The third-order valence-corrected chi connectivity index (χ3v) is 4.44. The number of alkyl halides is 3. The number of aromatic nitrogens is 2. The van der Waals surface area contributed by atoms with Crippen LogP contribution in [-0.4, -0.2) is 27.9 Å². The summed E-state index contributed by atoms with van der Waals surface area (Å²) in [5, 5.41) is 15.5. The molecule has 3 rings (SSSR count). The number of aryl methyl sites for hydroxylation is 2. The van der Waals surface area contributed by atoms with Crippen LogP contribution in [0, 0.1) is 13.8 Å². The molecule has 1 heterocycles. The number of hydrogen-bond acceptors (Lipinski definition) is 4. The Morgan fingerprint density at radius 2 is 1.87 bits per heavy atom. The standard InChI is InChI=1S/C21H19F3N2O4/c1-12-9-16(7-8-18(12)29-11-19(27)28)30-20(17-10-25-26-13(17)2)14-3-5-15(6-4-14)21(22,23)24/h3-10,20H,11H2,1-2H3,(H,25,26)(H,27,28). The van der Waals surface area contributed by atoms with Gasteiger partial charge >= 0.3 is 12.1 Å². The molecule has 0 aliphatic carbocycles. The highest BCUT2D eigenvalue weighted by Crippen LogP contribution is 2.34. The van der Waals surface area contributed by atoms with E-state index in [1.807, 2.05) is 0 Å². The zero-order valence-electron chi connectivity index (χ0n) is 16.2. The lowest BCUT2D eigenvalue weighted by atomic mass is 10.0. The second kappa shape index (κ2) is 8.48. The number of nitrogens with zero attached hydrogens (tertiary/aromatic N) is 1. The van der Waals surface area contributed by atoms with Gasteiger partial charge in [0.2, 0.25) is 0 Å². The Kier molecular flexibility index (Phi) is 6.00. The molecule has 1 aromatic heterocycles. The van der Waals surface area contributed by atoms with E-state index < -0.39 is 30.4 Å². The van der Waals surface area contributed by atoms with Crippen molar-refractivity contribution >= 4 is 5.97 Å². The Bertz CT molecular complexity index is 1030. The first-order valence-electron chi connectivity index (χ1n) is 8.94. The summed E-state index contributed by atoms with van der Waals surface area (Å²) >= 11 is 0. The molecule has 0 amide bonds. The first kappa shape index (κ1) is 21.2. The Morgan fingerprint density at radius 3 is 2.40 bits per heavy atom. The molecule has 0 fully saturated rings. The van der Waals surface area contributed by atoms with Crippen LogP contribution in [0.2, 0.25) is 0 Å². The predicted octanol–water partition coefficient (Wildman–Crippen LogP) is 4.68. The minimum atomic E-state index is -4.43. The number of nitrogens with one attached hydrogen (secondary N) is 1. The summed E-state index contributed by atoms with van der Waals surface area (Å²) in [5.74, 6) is -0.247. The monoisotopic (exact) mass is 420 g/mol. The predicted molar refractivity (Wildman–Crippen MR) is 102 cm³/mol. The molecule has 1 atom stereocenters. The van der Waals surface area contributed by atoms with Crippen molar-refractivity contribution < 1.29 is 32.5 Å². The van der Waals surface area contributed by atoms with Crippen molar-refractivity contribution in [3.8, 4) is 11.5 Å². The normalized spacial score (nSPS) is 12.4. The van der Waals surface area contributed by atoms with Crippen molar-refractivity contribution in [3.05, 3.63) is 76.6 Å². The first-order chi connectivity index (χ1) is 14.1. The van der Waals surface area contributed by atoms with E-state index in [0.717, 1.165) is 12.1 Å². The van der Waals surface area contributed by atoms with Gasteiger partial charge in [0, 0.05) is 11.8 Å². The van der Waals surface area contributed by atoms with Crippen LogP contribution in [0.1, 0.15) is 34.1 Å². The third kappa shape index (κ3) is 4.91. The molecule has 0 saturated heterocycles. The van der Waals surface area contributed by atoms with E-state index in [1.165, 1.54) is 12.1 Å². The van der Waals surface area contributed by atoms with E-state index in [1.54, 1.807) is 38.2 Å². The number of carbonyl (C=O) groups is 1. The van der Waals surface area contributed by atoms with Gasteiger partial charge in [0.25, 0.3) is 0 Å². The van der Waals surface area contributed by atoms with Gasteiger partial charge in [-0.1, -0.05) is 12.1 Å². The van der Waals surface area contributed by atoms with Crippen LogP contribution in [0.15, 0.2) is 48.7 Å². The van der Waals surface area contributed by atoms with Crippen molar-refractivity contribution in [3.63, 3.8) is 0 Å². The molecule has 0 aliphatic heterocycles. The lowest BCUT2D eigenvalue weighted by Gasteiger charge is -2.21. The largest absolute Gasteiger partial charge is 0.482 e. The summed E-state index contributed by atoms with van der Waals surface area (Å²) in [4.78, 5) is 10.7. The number of hydrogen-bond donors (Lipinski definition) is 2. The van der Waals surface area contributed by atoms with E-state index in [-0.39, 0.29) is 0 Å². The zero-order chi connectivity index (χ0) is 21.9. The molecular formula is C21H19F3N2O4. The fraction of sp³-hybridized carbons (Fsp3) is 0.238. The molecule has 30 heavy (non-hydrogen) atoms. The molecule has 3 aromatic rings. The summed E-state index contributed by atoms with van der Waals surface area (Å²) < 4.78 is 50.0. The number of carboxylic acid groups (broad SMARTS) is 1. The highest BCUT2D eigenvalue weighted by atomic mass is 19.4. The molecule has 9 heteroatoms. The van der Waals surface area contributed by atoms with Crippen LogP contribution in [0.25, 0.3) is 0 Å². The van der Waals surface area contributed by atoms with E-state index >= 15 is 0 Å². The van der Waals surface area contributed by atoms with Crippen LogP contribution in [-0.2, 0) is 11.0 Å². The van der Waals surface area contributed by atoms with E-state index in [2.05, 4.69) is 10.2 Å². The highest BCUT2D eigenvalue weighted by molar-refractivity contribution is 5.68. The van der Waals surface area contributed by atoms with Crippen LogP contribution in [0.5, 0.6) is 11.5 Å². The van der Waals surface area contributed by atoms with Crippen molar-refractivity contribution in [2.45, 2.75) is 26.1 Å². The second-order valence-corrected chi connectivity index (χ2v) is 6.65. The summed E-state index contributed by atoms with van der Waals surface area (Å²) in [6.07, 6.45) is -3.49. The number of carboxylic acids is 1. The van der Waals surface area contributed by atoms with Gasteiger partial charge in [-0.15, -0.1) is 0 Å². The molecular weight excluding hydrogens is 401 g/mol. The van der Waals surface area contributed by atoms with Gasteiger partial charge in [-0.05, 0) is 55.3 Å². The van der Waals surface area contributed by atoms with E-state index in [9.17, 15) is 18.0 Å². The Balaban J connectivity index is 1.90. The quantitative estimate of drug-likeness (QED) is 0.580. The molecule has 1 unspecified atom stereocenters. The van der Waals surface area contributed by atoms with Gasteiger partial charge < -0.3 is 14.6 Å². The SMILES string of the molecule is Cc1cc(OC(c2ccc(C(F)(F)F)cc2)c2c[nH]nc2C)ccc1OCC(=O)O. The van der Waals surface area contributed by atoms with Crippen molar-refractivity contribution in [1.82, 2.24) is 10.2 Å². The van der Waals surface area contributed by atoms with Gasteiger partial charge in [0.15, 0.2) is 12.7 Å². The molecule has 0 bridgehead atoms. The summed E-state index contributed by atoms with van der Waals surface area (Å²) in [6, 6.07) is 9.62. The highest BCUT2D eigenvalue weighted by Gasteiger charge is 2.31. The summed E-state index contributed by atoms with van der Waals surface area (Å²) in [5.41, 5.74) is 1.77. The average Bonchev–Trinajstić information content (AvgIpc) is 3.10. The van der Waals surface area contributed by atoms with Crippen molar-refractivity contribution in [1.29, 1.82) is 0 Å². The molecule has 2 N–H and O–H groups in total. The minimum Gasteiger partial charge on any atom is -0.482 e. The number of halogens is 3. The maximum atomic E-state index is 12.9. The Morgan fingerprint density at radius 1 is 1.17 bits per heavy atom. The Hall–Kier alpha value is -3.49. The maximum Gasteiger partial charge on any atom is 0.416 e. The minimum absolute atomic E-state index is 0.398. The van der Waals surface area contributed by atoms with Gasteiger partial charge in [0.05, 0.1) is 11.3 Å². The molecule has 2 aromatic carbocycles. The van der Waals surface area contributed by atoms with Crippen LogP contribution in [0.4, 0.5) is 13.2 Å². The molecule has 158 valence electrons. The smallest absolute Gasteiger partial charge is 0.416 e. The average molecular weight is 420 g/mol. The first-order valence-corrected chi connectivity index (χ1v) is 8.94. The van der Waals surface area contributed by atoms with Crippen LogP contribution < -0.4 is 9.47 Å². The Labute approximate surface area is 170 Å². The molecule has 0 radical (unpaired) electrons. The lowest BCUT2D eigenvalue weighted by molar-refractivity contribution is -0.139. The van der Waals surface area contributed by atoms with Gasteiger partial charge in [0.1, 0.15) is 11.5 Å². The number of ether oxygens (including phenoxy) is 2. The van der Waals surface area contributed by atoms with Crippen LogP contribution >= 0.6 is 0 Å². The van der Waals surface area contributed by atoms with Crippen molar-refractivity contribution in [2.75, 3.05) is 6.61 Å². The van der Waals surface area contributed by atoms with Gasteiger partial charge in [-0.3, -0.25) is 5.10 Å². The zero-order valence-corrected chi connectivity index (χ0v) is 16.2. The molecule has 0 saturated carbocycles. The van der Waals surface area contributed by atoms with Gasteiger partial charge in [-0.2, -0.15) is 18.3 Å². The van der Waals surface area contributed by atoms with Crippen molar-refractivity contribution in [2.24, 2.45) is 0 Å². The van der Waals surface area contributed by atoms with Crippen LogP contribution in [0.3, 0.4) is 0 Å².